The van der Waals surface area contributed by atoms with Crippen LogP contribution in [-0.2, 0) is 0 Å². The molecule has 0 saturated heterocycles. The van der Waals surface area contributed by atoms with Crippen LogP contribution in [0.3, 0.4) is 0 Å². The molecule has 0 radical (unpaired) electrons. The van der Waals surface area contributed by atoms with Gasteiger partial charge in [-0.2, -0.15) is 11.8 Å². The number of rotatable bonds is 6. The van der Waals surface area contributed by atoms with Gasteiger partial charge in [0.15, 0.2) is 0 Å². The highest BCUT2D eigenvalue weighted by molar-refractivity contribution is 7.98. The van der Waals surface area contributed by atoms with Gasteiger partial charge in [0, 0.05) is 6.04 Å². The first kappa shape index (κ1) is 11.3. The minimum Gasteiger partial charge on any atom is -0.328 e. The molecule has 0 aromatic carbocycles. The van der Waals surface area contributed by atoms with Gasteiger partial charge in [-0.25, -0.2) is 0 Å². The van der Waals surface area contributed by atoms with Crippen LogP contribution in [0.4, 0.5) is 0 Å². The molecule has 0 amide bonds. The van der Waals surface area contributed by atoms with Crippen molar-refractivity contribution in [1.29, 1.82) is 0 Å². The van der Waals surface area contributed by atoms with E-state index in [2.05, 4.69) is 20.1 Å². The Kier molecular flexibility index (Phi) is 7.18. The van der Waals surface area contributed by atoms with E-state index >= 15 is 0 Å². The molecule has 0 heterocycles. The van der Waals surface area contributed by atoms with E-state index in [1.54, 1.807) is 0 Å². The number of nitrogens with two attached hydrogens (primary N) is 1. The summed E-state index contributed by atoms with van der Waals surface area (Å²) in [5.74, 6) is 2.01. The molecule has 1 unspecified atom stereocenters. The lowest BCUT2D eigenvalue weighted by atomic mass is 10.0. The molecule has 2 N–H and O–H groups in total. The molecule has 1 atom stereocenters. The van der Waals surface area contributed by atoms with Crippen LogP contribution in [0.25, 0.3) is 0 Å². The maximum Gasteiger partial charge on any atom is 0.00467 e. The normalized spacial score (nSPS) is 13.9. The number of hydrogen-bond acceptors (Lipinski definition) is 2. The standard InChI is InChI=1S/C9H21NS/c1-8(2)4-5-9(10)6-7-11-3/h8-9H,4-7,10H2,1-3H3. The molecule has 2 heteroatoms. The molecule has 0 spiro atoms. The summed E-state index contributed by atoms with van der Waals surface area (Å²) in [6, 6.07) is 0.435. The summed E-state index contributed by atoms with van der Waals surface area (Å²) in [4.78, 5) is 0. The van der Waals surface area contributed by atoms with E-state index in [0.717, 1.165) is 5.92 Å². The first-order valence-electron chi connectivity index (χ1n) is 4.41. The van der Waals surface area contributed by atoms with E-state index in [0.29, 0.717) is 6.04 Å². The van der Waals surface area contributed by atoms with E-state index in [9.17, 15) is 0 Å². The number of thioether (sulfide) groups is 1. The van der Waals surface area contributed by atoms with Crippen molar-refractivity contribution in [2.45, 2.75) is 39.2 Å². The summed E-state index contributed by atoms with van der Waals surface area (Å²) in [6.07, 6.45) is 5.77. The van der Waals surface area contributed by atoms with Crippen LogP contribution in [0.15, 0.2) is 0 Å². The summed E-state index contributed by atoms with van der Waals surface area (Å²) in [5.41, 5.74) is 5.89. The second-order valence-corrected chi connectivity index (χ2v) is 4.50. The first-order valence-corrected chi connectivity index (χ1v) is 5.80. The Hall–Kier alpha value is 0.310. The van der Waals surface area contributed by atoms with Crippen LogP contribution in [0.1, 0.15) is 33.1 Å². The zero-order valence-electron chi connectivity index (χ0n) is 7.97. The van der Waals surface area contributed by atoms with Crippen molar-refractivity contribution in [3.8, 4) is 0 Å². The molecular formula is C9H21NS. The van der Waals surface area contributed by atoms with Crippen LogP contribution in [0, 0.1) is 5.92 Å². The van der Waals surface area contributed by atoms with Gasteiger partial charge in [0.25, 0.3) is 0 Å². The molecule has 0 aliphatic carbocycles. The lowest BCUT2D eigenvalue weighted by Crippen LogP contribution is -2.21. The predicted molar refractivity (Wildman–Crippen MR) is 55.0 cm³/mol. The Bertz CT molecular complexity index is 83.6. The Labute approximate surface area is 75.1 Å². The fourth-order valence-electron chi connectivity index (χ4n) is 0.961. The SMILES string of the molecule is CSCCC(N)CCC(C)C. The molecule has 1 nitrogen and oxygen atoms in total. The first-order chi connectivity index (χ1) is 5.16. The minimum absolute atomic E-state index is 0.435. The Morgan fingerprint density at radius 3 is 2.27 bits per heavy atom. The second-order valence-electron chi connectivity index (χ2n) is 3.51. The van der Waals surface area contributed by atoms with E-state index in [-0.39, 0.29) is 0 Å². The third-order valence-corrected chi connectivity index (χ3v) is 2.45. The fraction of sp³-hybridized carbons (Fsp3) is 1.00. The van der Waals surface area contributed by atoms with Crippen molar-refractivity contribution in [1.82, 2.24) is 0 Å². The van der Waals surface area contributed by atoms with Crippen LogP contribution < -0.4 is 5.73 Å². The van der Waals surface area contributed by atoms with Crippen molar-refractivity contribution in [2.24, 2.45) is 11.7 Å². The van der Waals surface area contributed by atoms with Gasteiger partial charge in [-0.15, -0.1) is 0 Å². The minimum atomic E-state index is 0.435. The highest BCUT2D eigenvalue weighted by Crippen LogP contribution is 2.09. The highest BCUT2D eigenvalue weighted by Gasteiger charge is 2.02. The molecule has 0 aliphatic rings. The molecule has 0 rings (SSSR count). The van der Waals surface area contributed by atoms with Crippen molar-refractivity contribution < 1.29 is 0 Å². The monoisotopic (exact) mass is 175 g/mol. The molecule has 0 saturated carbocycles. The topological polar surface area (TPSA) is 26.0 Å². The molecule has 68 valence electrons. The van der Waals surface area contributed by atoms with Gasteiger partial charge < -0.3 is 5.73 Å². The summed E-state index contributed by atoms with van der Waals surface area (Å²) in [5, 5.41) is 0. The van der Waals surface area contributed by atoms with E-state index in [1.807, 2.05) is 11.8 Å². The van der Waals surface area contributed by atoms with Gasteiger partial charge in [-0.1, -0.05) is 13.8 Å². The fourth-order valence-corrected chi connectivity index (χ4v) is 1.50. The Morgan fingerprint density at radius 2 is 1.82 bits per heavy atom. The van der Waals surface area contributed by atoms with E-state index in [4.69, 9.17) is 5.73 Å². The van der Waals surface area contributed by atoms with Gasteiger partial charge in [-0.3, -0.25) is 0 Å². The molecule has 0 aromatic heterocycles. The quantitative estimate of drug-likeness (QED) is 0.671. The van der Waals surface area contributed by atoms with Crippen molar-refractivity contribution >= 4 is 11.8 Å². The van der Waals surface area contributed by atoms with E-state index < -0.39 is 0 Å². The predicted octanol–water partition coefficient (Wildman–Crippen LogP) is 2.50. The Balaban J connectivity index is 3.15. The van der Waals surface area contributed by atoms with Gasteiger partial charge in [0.05, 0.1) is 0 Å². The molecule has 0 fully saturated rings. The molecule has 11 heavy (non-hydrogen) atoms. The van der Waals surface area contributed by atoms with Crippen LogP contribution in [-0.4, -0.2) is 18.1 Å². The van der Waals surface area contributed by atoms with Crippen LogP contribution in [0.5, 0.6) is 0 Å². The zero-order chi connectivity index (χ0) is 8.69. The van der Waals surface area contributed by atoms with Crippen LogP contribution in [0.2, 0.25) is 0 Å². The van der Waals surface area contributed by atoms with Gasteiger partial charge in [0.1, 0.15) is 0 Å². The average Bonchev–Trinajstić information content (AvgIpc) is 1.97. The van der Waals surface area contributed by atoms with Crippen molar-refractivity contribution in [3.05, 3.63) is 0 Å². The van der Waals surface area contributed by atoms with Gasteiger partial charge in [-0.05, 0) is 37.2 Å². The molecule has 0 aliphatic heterocycles. The maximum absolute atomic E-state index is 5.89. The van der Waals surface area contributed by atoms with E-state index in [1.165, 1.54) is 25.0 Å². The van der Waals surface area contributed by atoms with Gasteiger partial charge >= 0.3 is 0 Å². The van der Waals surface area contributed by atoms with Crippen molar-refractivity contribution in [3.63, 3.8) is 0 Å². The lowest BCUT2D eigenvalue weighted by Gasteiger charge is -2.11. The Morgan fingerprint density at radius 1 is 1.18 bits per heavy atom. The summed E-state index contributed by atoms with van der Waals surface area (Å²) < 4.78 is 0. The van der Waals surface area contributed by atoms with Crippen LogP contribution >= 0.6 is 11.8 Å². The summed E-state index contributed by atoms with van der Waals surface area (Å²) in [6.45, 7) is 4.50. The third-order valence-electron chi connectivity index (χ3n) is 1.81. The smallest absolute Gasteiger partial charge is 0.00467 e. The summed E-state index contributed by atoms with van der Waals surface area (Å²) >= 11 is 1.88. The summed E-state index contributed by atoms with van der Waals surface area (Å²) in [7, 11) is 0. The third kappa shape index (κ3) is 8.21. The lowest BCUT2D eigenvalue weighted by molar-refractivity contribution is 0.491. The molecular weight excluding hydrogens is 154 g/mol. The largest absolute Gasteiger partial charge is 0.328 e. The maximum atomic E-state index is 5.89. The zero-order valence-corrected chi connectivity index (χ0v) is 8.79. The van der Waals surface area contributed by atoms with Gasteiger partial charge in [0.2, 0.25) is 0 Å². The average molecular weight is 175 g/mol. The highest BCUT2D eigenvalue weighted by atomic mass is 32.2. The molecule has 0 bridgehead atoms. The second kappa shape index (κ2) is 6.99. The van der Waals surface area contributed by atoms with Crippen molar-refractivity contribution in [2.75, 3.05) is 12.0 Å². The molecule has 0 aromatic rings. The number of hydrogen-bond donors (Lipinski definition) is 1.